The van der Waals surface area contributed by atoms with E-state index in [2.05, 4.69) is 4.98 Å². The first-order valence-corrected chi connectivity index (χ1v) is 9.34. The van der Waals surface area contributed by atoms with Crippen LogP contribution >= 0.6 is 11.8 Å². The summed E-state index contributed by atoms with van der Waals surface area (Å²) in [6, 6.07) is 13.6. The van der Waals surface area contributed by atoms with Gasteiger partial charge in [-0.05, 0) is 29.8 Å². The molecule has 0 aliphatic rings. The van der Waals surface area contributed by atoms with Crippen molar-refractivity contribution in [1.82, 2.24) is 9.88 Å². The molecule has 2 aromatic rings. The predicted octanol–water partition coefficient (Wildman–Crippen LogP) is 4.17. The molecule has 0 unspecified atom stereocenters. The lowest BCUT2D eigenvalue weighted by Crippen LogP contribution is -2.38. The molecule has 142 valence electrons. The lowest BCUT2D eigenvalue weighted by atomic mass is 10.1. The number of nitriles is 1. The molecule has 0 aliphatic carbocycles. The fourth-order valence-corrected chi connectivity index (χ4v) is 3.17. The first kappa shape index (κ1) is 20.8. The fourth-order valence-electron chi connectivity index (χ4n) is 2.33. The van der Waals surface area contributed by atoms with E-state index in [1.54, 1.807) is 24.4 Å². The van der Waals surface area contributed by atoms with Gasteiger partial charge in [-0.2, -0.15) is 30.2 Å². The van der Waals surface area contributed by atoms with Gasteiger partial charge in [-0.15, -0.1) is 0 Å². The number of alkyl halides is 3. The van der Waals surface area contributed by atoms with E-state index in [4.69, 9.17) is 5.26 Å². The zero-order valence-corrected chi connectivity index (χ0v) is 15.3. The van der Waals surface area contributed by atoms with Crippen LogP contribution in [0.1, 0.15) is 23.2 Å². The third-order valence-corrected chi connectivity index (χ3v) is 4.61. The molecule has 0 N–H and O–H groups in total. The molecule has 1 aromatic carbocycles. The highest BCUT2D eigenvalue weighted by Gasteiger charge is 2.32. The number of nitrogens with zero attached hydrogens (tertiary/aromatic N) is 3. The minimum absolute atomic E-state index is 0.0177. The van der Waals surface area contributed by atoms with Crippen LogP contribution in [-0.2, 0) is 17.1 Å². The molecule has 8 heteroatoms. The van der Waals surface area contributed by atoms with E-state index in [9.17, 15) is 18.0 Å². The van der Waals surface area contributed by atoms with Crippen LogP contribution in [0.4, 0.5) is 13.2 Å². The van der Waals surface area contributed by atoms with E-state index >= 15 is 0 Å². The largest absolute Gasteiger partial charge is 0.406 e. The maximum atomic E-state index is 12.8. The number of rotatable bonds is 8. The van der Waals surface area contributed by atoms with Gasteiger partial charge in [0, 0.05) is 30.7 Å². The van der Waals surface area contributed by atoms with E-state index in [1.165, 1.54) is 23.9 Å². The van der Waals surface area contributed by atoms with Gasteiger partial charge in [-0.1, -0.05) is 18.2 Å². The SMILES string of the molecule is N#Cc1ccc(CN(CC(F)(F)F)C(=O)CCSCc2ccccn2)cc1. The number of carbonyl (C=O) groups excluding carboxylic acids is 1. The summed E-state index contributed by atoms with van der Waals surface area (Å²) in [6.45, 7) is -1.44. The van der Waals surface area contributed by atoms with Crippen molar-refractivity contribution in [3.8, 4) is 6.07 Å². The Morgan fingerprint density at radius 1 is 1.19 bits per heavy atom. The summed E-state index contributed by atoms with van der Waals surface area (Å²) in [5.41, 5.74) is 1.82. The molecule has 27 heavy (non-hydrogen) atoms. The van der Waals surface area contributed by atoms with Gasteiger partial charge in [0.1, 0.15) is 6.54 Å². The van der Waals surface area contributed by atoms with Gasteiger partial charge in [0.2, 0.25) is 5.91 Å². The van der Waals surface area contributed by atoms with Crippen molar-refractivity contribution >= 4 is 17.7 Å². The van der Waals surface area contributed by atoms with Gasteiger partial charge >= 0.3 is 6.18 Å². The zero-order valence-electron chi connectivity index (χ0n) is 14.4. The number of pyridine rings is 1. The van der Waals surface area contributed by atoms with Crippen molar-refractivity contribution in [2.24, 2.45) is 0 Å². The minimum atomic E-state index is -4.47. The third-order valence-electron chi connectivity index (χ3n) is 3.62. The first-order valence-electron chi connectivity index (χ1n) is 8.18. The van der Waals surface area contributed by atoms with E-state index in [1.807, 2.05) is 18.2 Å². The Bertz CT molecular complexity index is 774. The van der Waals surface area contributed by atoms with Gasteiger partial charge < -0.3 is 4.90 Å². The van der Waals surface area contributed by atoms with E-state index in [0.717, 1.165) is 10.6 Å². The molecule has 0 saturated carbocycles. The predicted molar refractivity (Wildman–Crippen MR) is 97.6 cm³/mol. The summed E-state index contributed by atoms with van der Waals surface area (Å²) in [6.07, 6.45) is -2.78. The number of amides is 1. The summed E-state index contributed by atoms with van der Waals surface area (Å²) in [5.74, 6) is 0.463. The lowest BCUT2D eigenvalue weighted by Gasteiger charge is -2.24. The highest BCUT2D eigenvalue weighted by molar-refractivity contribution is 7.98. The van der Waals surface area contributed by atoms with Gasteiger partial charge in [-0.25, -0.2) is 0 Å². The highest BCUT2D eigenvalue weighted by Crippen LogP contribution is 2.20. The number of benzene rings is 1. The van der Waals surface area contributed by atoms with E-state index in [-0.39, 0.29) is 13.0 Å². The zero-order chi connectivity index (χ0) is 19.7. The van der Waals surface area contributed by atoms with Crippen molar-refractivity contribution in [2.75, 3.05) is 12.3 Å². The van der Waals surface area contributed by atoms with E-state index in [0.29, 0.717) is 22.6 Å². The van der Waals surface area contributed by atoms with Crippen molar-refractivity contribution in [3.05, 3.63) is 65.5 Å². The topological polar surface area (TPSA) is 57.0 Å². The second-order valence-electron chi connectivity index (χ2n) is 5.80. The van der Waals surface area contributed by atoms with Crippen LogP contribution in [0, 0.1) is 11.3 Å². The Morgan fingerprint density at radius 2 is 1.93 bits per heavy atom. The Labute approximate surface area is 160 Å². The number of thioether (sulfide) groups is 1. The first-order chi connectivity index (χ1) is 12.9. The number of carbonyl (C=O) groups is 1. The smallest absolute Gasteiger partial charge is 0.329 e. The molecule has 1 heterocycles. The molecule has 0 saturated heterocycles. The Hall–Kier alpha value is -2.53. The Kier molecular flexibility index (Phi) is 7.67. The molecule has 1 aromatic heterocycles. The second-order valence-corrected chi connectivity index (χ2v) is 6.90. The summed E-state index contributed by atoms with van der Waals surface area (Å²) in [4.78, 5) is 17.3. The maximum absolute atomic E-state index is 12.8. The van der Waals surface area contributed by atoms with Crippen LogP contribution < -0.4 is 0 Å². The van der Waals surface area contributed by atoms with Crippen molar-refractivity contribution in [1.29, 1.82) is 5.26 Å². The summed E-state index contributed by atoms with van der Waals surface area (Å²) >= 11 is 1.45. The van der Waals surface area contributed by atoms with Crippen LogP contribution in [0.5, 0.6) is 0 Å². The molecular formula is C19H18F3N3OS. The van der Waals surface area contributed by atoms with Crippen molar-refractivity contribution in [2.45, 2.75) is 24.9 Å². The van der Waals surface area contributed by atoms with Crippen LogP contribution in [0.3, 0.4) is 0 Å². The van der Waals surface area contributed by atoms with Crippen LogP contribution in [0.15, 0.2) is 48.7 Å². The number of hydrogen-bond donors (Lipinski definition) is 0. The van der Waals surface area contributed by atoms with Crippen LogP contribution in [-0.4, -0.2) is 34.3 Å². The summed E-state index contributed by atoms with van der Waals surface area (Å²) in [7, 11) is 0. The normalized spacial score (nSPS) is 11.0. The van der Waals surface area contributed by atoms with Gasteiger partial charge in [0.05, 0.1) is 17.3 Å². The number of aromatic nitrogens is 1. The van der Waals surface area contributed by atoms with Crippen LogP contribution in [0.2, 0.25) is 0 Å². The third kappa shape index (κ3) is 7.71. The van der Waals surface area contributed by atoms with Gasteiger partial charge in [0.25, 0.3) is 0 Å². The van der Waals surface area contributed by atoms with Crippen molar-refractivity contribution < 1.29 is 18.0 Å². The standard InChI is InChI=1S/C19H18F3N3OS/c20-19(21,22)14-25(12-16-6-4-15(11-23)5-7-16)18(26)8-10-27-13-17-3-1-2-9-24-17/h1-7,9H,8,10,12-14H2. The number of hydrogen-bond acceptors (Lipinski definition) is 4. The lowest BCUT2D eigenvalue weighted by molar-refractivity contribution is -0.162. The monoisotopic (exact) mass is 393 g/mol. The van der Waals surface area contributed by atoms with Gasteiger partial charge in [-0.3, -0.25) is 9.78 Å². The van der Waals surface area contributed by atoms with E-state index < -0.39 is 18.6 Å². The fraction of sp³-hybridized carbons (Fsp3) is 0.316. The molecule has 4 nitrogen and oxygen atoms in total. The van der Waals surface area contributed by atoms with Crippen LogP contribution in [0.25, 0.3) is 0 Å². The summed E-state index contributed by atoms with van der Waals surface area (Å²) < 4.78 is 38.5. The van der Waals surface area contributed by atoms with Gasteiger partial charge in [0.15, 0.2) is 0 Å². The number of halogens is 3. The molecule has 2 rings (SSSR count). The molecule has 0 atom stereocenters. The Morgan fingerprint density at radius 3 is 2.52 bits per heavy atom. The average Bonchev–Trinajstić information content (AvgIpc) is 2.65. The van der Waals surface area contributed by atoms with Crippen molar-refractivity contribution in [3.63, 3.8) is 0 Å². The second kappa shape index (κ2) is 9.97. The molecule has 0 fully saturated rings. The molecule has 0 radical (unpaired) electrons. The maximum Gasteiger partial charge on any atom is 0.406 e. The minimum Gasteiger partial charge on any atom is -0.329 e. The molecule has 0 aliphatic heterocycles. The molecule has 0 bridgehead atoms. The highest BCUT2D eigenvalue weighted by atomic mass is 32.2. The quantitative estimate of drug-likeness (QED) is 0.632. The summed E-state index contributed by atoms with van der Waals surface area (Å²) in [5, 5.41) is 8.78. The average molecular weight is 393 g/mol. The molecule has 1 amide bonds. The molecule has 0 spiro atoms. The molecular weight excluding hydrogens is 375 g/mol. The Balaban J connectivity index is 1.91.